The molecule has 4 N–H and O–H groups in total. The molecule has 0 aliphatic carbocycles. The fourth-order valence-electron chi connectivity index (χ4n) is 3.89. The SMILES string of the molecule is CCNC(=NCc1cccnc1N1CCCC(C(N)=O)C1)NC(C)c1ccc(C)c(F)c1.I. The van der Waals surface area contributed by atoms with E-state index in [0.29, 0.717) is 31.2 Å². The Morgan fingerprint density at radius 2 is 2.18 bits per heavy atom. The van der Waals surface area contributed by atoms with Gasteiger partial charge in [0.2, 0.25) is 5.91 Å². The van der Waals surface area contributed by atoms with Gasteiger partial charge in [-0.3, -0.25) is 4.79 Å². The van der Waals surface area contributed by atoms with Gasteiger partial charge >= 0.3 is 0 Å². The smallest absolute Gasteiger partial charge is 0.222 e. The Balaban J connectivity index is 0.00000385. The second kappa shape index (κ2) is 12.7. The molecule has 1 aliphatic heterocycles. The molecule has 2 heterocycles. The fraction of sp³-hybridized carbons (Fsp3) is 0.458. The number of aliphatic imine (C=N–C) groups is 1. The van der Waals surface area contributed by atoms with Gasteiger partial charge in [-0.1, -0.05) is 18.2 Å². The summed E-state index contributed by atoms with van der Waals surface area (Å²) >= 11 is 0. The molecule has 1 aliphatic rings. The van der Waals surface area contributed by atoms with Gasteiger partial charge in [0, 0.05) is 31.4 Å². The van der Waals surface area contributed by atoms with Gasteiger partial charge in [-0.25, -0.2) is 14.4 Å². The average molecular weight is 568 g/mol. The number of hydrogen-bond donors (Lipinski definition) is 3. The van der Waals surface area contributed by atoms with Gasteiger partial charge in [0.15, 0.2) is 5.96 Å². The van der Waals surface area contributed by atoms with Crippen molar-refractivity contribution in [3.8, 4) is 0 Å². The third kappa shape index (κ3) is 7.28. The van der Waals surface area contributed by atoms with E-state index in [0.717, 1.165) is 36.3 Å². The molecule has 9 heteroatoms. The number of nitrogens with zero attached hydrogens (tertiary/aromatic N) is 3. The van der Waals surface area contributed by atoms with Gasteiger partial charge in [0.25, 0.3) is 0 Å². The standard InChI is InChI=1S/C24H33FN6O.HI/c1-4-27-24(30-17(3)18-10-9-16(2)21(25)13-18)29-14-19-7-5-11-28-23(19)31-12-6-8-20(15-31)22(26)32;/h5,7,9-11,13,17,20H,4,6,8,12,14-15H2,1-3H3,(H2,26,32)(H2,27,29,30);1H. The lowest BCUT2D eigenvalue weighted by Crippen LogP contribution is -2.42. The molecule has 2 unspecified atom stereocenters. The summed E-state index contributed by atoms with van der Waals surface area (Å²) < 4.78 is 14.0. The number of rotatable bonds is 7. The van der Waals surface area contributed by atoms with Crippen LogP contribution in [0.25, 0.3) is 0 Å². The number of nitrogens with one attached hydrogen (secondary N) is 2. The van der Waals surface area contributed by atoms with E-state index < -0.39 is 0 Å². The number of aromatic nitrogens is 1. The minimum atomic E-state index is -0.259. The summed E-state index contributed by atoms with van der Waals surface area (Å²) in [7, 11) is 0. The Hall–Kier alpha value is -2.43. The lowest BCUT2D eigenvalue weighted by Gasteiger charge is -2.33. The zero-order valence-electron chi connectivity index (χ0n) is 19.5. The van der Waals surface area contributed by atoms with Crippen LogP contribution in [0.3, 0.4) is 0 Å². The normalized spacial score (nSPS) is 17.2. The van der Waals surface area contributed by atoms with E-state index in [1.54, 1.807) is 25.3 Å². The Labute approximate surface area is 212 Å². The molecule has 0 bridgehead atoms. The first-order chi connectivity index (χ1) is 15.4. The van der Waals surface area contributed by atoms with E-state index in [2.05, 4.69) is 20.5 Å². The van der Waals surface area contributed by atoms with Crippen LogP contribution in [0.5, 0.6) is 0 Å². The van der Waals surface area contributed by atoms with Crippen molar-refractivity contribution in [3.63, 3.8) is 0 Å². The maximum Gasteiger partial charge on any atom is 0.222 e. The molecule has 7 nitrogen and oxygen atoms in total. The highest BCUT2D eigenvalue weighted by molar-refractivity contribution is 14.0. The molecule has 1 saturated heterocycles. The first-order valence-electron chi connectivity index (χ1n) is 11.2. The predicted octanol–water partition coefficient (Wildman–Crippen LogP) is 3.67. The van der Waals surface area contributed by atoms with Gasteiger partial charge in [-0.15, -0.1) is 24.0 Å². The monoisotopic (exact) mass is 568 g/mol. The largest absolute Gasteiger partial charge is 0.369 e. The lowest BCUT2D eigenvalue weighted by molar-refractivity contribution is -0.122. The maximum atomic E-state index is 14.0. The second-order valence-electron chi connectivity index (χ2n) is 8.24. The van der Waals surface area contributed by atoms with E-state index in [1.807, 2.05) is 32.0 Å². The van der Waals surface area contributed by atoms with Crippen molar-refractivity contribution in [1.82, 2.24) is 15.6 Å². The summed E-state index contributed by atoms with van der Waals surface area (Å²) in [6, 6.07) is 9.04. The molecule has 2 atom stereocenters. The molecule has 0 saturated carbocycles. The molecule has 3 rings (SSSR count). The second-order valence-corrected chi connectivity index (χ2v) is 8.24. The maximum absolute atomic E-state index is 14.0. The highest BCUT2D eigenvalue weighted by Gasteiger charge is 2.26. The number of hydrogen-bond acceptors (Lipinski definition) is 4. The zero-order valence-corrected chi connectivity index (χ0v) is 21.8. The molecule has 2 aromatic rings. The van der Waals surface area contributed by atoms with E-state index in [-0.39, 0.29) is 47.7 Å². The Morgan fingerprint density at radius 1 is 1.39 bits per heavy atom. The molecule has 33 heavy (non-hydrogen) atoms. The zero-order chi connectivity index (χ0) is 23.1. The van der Waals surface area contributed by atoms with E-state index >= 15 is 0 Å². The summed E-state index contributed by atoms with van der Waals surface area (Å²) in [4.78, 5) is 23.1. The minimum Gasteiger partial charge on any atom is -0.369 e. The number of primary amides is 1. The number of anilines is 1. The minimum absolute atomic E-state index is 0. The molecular formula is C24H34FIN6O. The van der Waals surface area contributed by atoms with Crippen molar-refractivity contribution in [2.45, 2.75) is 46.2 Å². The van der Waals surface area contributed by atoms with E-state index in [9.17, 15) is 9.18 Å². The summed E-state index contributed by atoms with van der Waals surface area (Å²) in [5.74, 6) is 0.854. The summed E-state index contributed by atoms with van der Waals surface area (Å²) in [5.41, 5.74) is 8.00. The molecule has 1 amide bonds. The third-order valence-corrected chi connectivity index (χ3v) is 5.79. The van der Waals surface area contributed by atoms with Gasteiger partial charge < -0.3 is 21.3 Å². The van der Waals surface area contributed by atoms with Crippen LogP contribution in [-0.4, -0.2) is 36.5 Å². The number of guanidine groups is 1. The number of carbonyl (C=O) groups is 1. The summed E-state index contributed by atoms with van der Waals surface area (Å²) in [6.45, 7) is 8.27. The average Bonchev–Trinajstić information content (AvgIpc) is 2.79. The van der Waals surface area contributed by atoms with Crippen molar-refractivity contribution >= 4 is 41.7 Å². The van der Waals surface area contributed by atoms with Crippen LogP contribution in [0.2, 0.25) is 0 Å². The number of halogens is 2. The topological polar surface area (TPSA) is 95.6 Å². The quantitative estimate of drug-likeness (QED) is 0.269. The Kier molecular flexibility index (Phi) is 10.3. The van der Waals surface area contributed by atoms with Gasteiger partial charge in [0.05, 0.1) is 18.5 Å². The molecular weight excluding hydrogens is 534 g/mol. The fourth-order valence-corrected chi connectivity index (χ4v) is 3.89. The number of carbonyl (C=O) groups excluding carboxylic acids is 1. The summed E-state index contributed by atoms with van der Waals surface area (Å²) in [5, 5.41) is 6.60. The number of pyridine rings is 1. The number of amides is 1. The van der Waals surface area contributed by atoms with Gasteiger partial charge in [-0.2, -0.15) is 0 Å². The number of nitrogens with two attached hydrogens (primary N) is 1. The highest BCUT2D eigenvalue weighted by Crippen LogP contribution is 2.25. The van der Waals surface area contributed by atoms with Crippen molar-refractivity contribution in [3.05, 3.63) is 59.0 Å². The van der Waals surface area contributed by atoms with Crippen LogP contribution >= 0.6 is 24.0 Å². The van der Waals surface area contributed by atoms with Crippen molar-refractivity contribution in [1.29, 1.82) is 0 Å². The van der Waals surface area contributed by atoms with Crippen molar-refractivity contribution in [2.24, 2.45) is 16.6 Å². The van der Waals surface area contributed by atoms with Gasteiger partial charge in [0.1, 0.15) is 11.6 Å². The first-order valence-corrected chi connectivity index (χ1v) is 11.2. The molecule has 0 radical (unpaired) electrons. The highest BCUT2D eigenvalue weighted by atomic mass is 127. The molecule has 1 fully saturated rings. The molecule has 180 valence electrons. The van der Waals surface area contributed by atoms with Crippen LogP contribution < -0.4 is 21.3 Å². The molecule has 1 aromatic heterocycles. The van der Waals surface area contributed by atoms with E-state index in [1.165, 1.54) is 0 Å². The molecule has 0 spiro atoms. The van der Waals surface area contributed by atoms with Crippen LogP contribution in [0.4, 0.5) is 10.2 Å². The third-order valence-electron chi connectivity index (χ3n) is 5.79. The molecule has 1 aromatic carbocycles. The number of piperidine rings is 1. The Morgan fingerprint density at radius 3 is 2.88 bits per heavy atom. The van der Waals surface area contributed by atoms with E-state index in [4.69, 9.17) is 10.7 Å². The number of aryl methyl sites for hydroxylation is 1. The van der Waals surface area contributed by atoms with Crippen LogP contribution in [-0.2, 0) is 11.3 Å². The van der Waals surface area contributed by atoms with Crippen LogP contribution in [0.1, 0.15) is 49.4 Å². The number of benzene rings is 1. The first kappa shape index (κ1) is 26.8. The van der Waals surface area contributed by atoms with Crippen molar-refractivity contribution < 1.29 is 9.18 Å². The predicted molar refractivity (Wildman–Crippen MR) is 141 cm³/mol. The van der Waals surface area contributed by atoms with Crippen LogP contribution in [0, 0.1) is 18.7 Å². The van der Waals surface area contributed by atoms with Crippen molar-refractivity contribution in [2.75, 3.05) is 24.5 Å². The summed E-state index contributed by atoms with van der Waals surface area (Å²) in [6.07, 6.45) is 3.48. The van der Waals surface area contributed by atoms with Gasteiger partial charge in [-0.05, 0) is 56.9 Å². The Bertz CT molecular complexity index is 970. The lowest BCUT2D eigenvalue weighted by atomic mass is 9.97. The van der Waals surface area contributed by atoms with Crippen LogP contribution in [0.15, 0.2) is 41.5 Å².